The summed E-state index contributed by atoms with van der Waals surface area (Å²) in [5.74, 6) is -1.08. The molecule has 0 spiro atoms. The number of carboxylic acids is 1. The van der Waals surface area contributed by atoms with Gasteiger partial charge in [-0.1, -0.05) is 18.2 Å². The summed E-state index contributed by atoms with van der Waals surface area (Å²) in [6.07, 6.45) is 2.61. The topological polar surface area (TPSA) is 86.7 Å². The lowest BCUT2D eigenvalue weighted by Crippen LogP contribution is -2.35. The third kappa shape index (κ3) is 4.27. The van der Waals surface area contributed by atoms with Crippen molar-refractivity contribution in [3.63, 3.8) is 0 Å². The van der Waals surface area contributed by atoms with Gasteiger partial charge in [0, 0.05) is 24.3 Å². The molecule has 2 N–H and O–H groups in total. The van der Waals surface area contributed by atoms with Crippen LogP contribution in [0.2, 0.25) is 0 Å². The van der Waals surface area contributed by atoms with Crippen molar-refractivity contribution in [1.82, 2.24) is 0 Å². The Morgan fingerprint density at radius 1 is 1.08 bits per heavy atom. The zero-order valence-corrected chi connectivity index (χ0v) is 14.3. The highest BCUT2D eigenvalue weighted by Crippen LogP contribution is 2.24. The normalized spacial score (nSPS) is 14.2. The second-order valence-corrected chi connectivity index (χ2v) is 6.28. The van der Waals surface area contributed by atoms with E-state index in [-0.39, 0.29) is 23.8 Å². The molecule has 1 saturated heterocycles. The highest BCUT2D eigenvalue weighted by atomic mass is 16.4. The minimum atomic E-state index is -0.995. The van der Waals surface area contributed by atoms with E-state index in [1.54, 1.807) is 29.2 Å². The molecule has 0 radical (unpaired) electrons. The molecular weight excluding hydrogens is 332 g/mol. The van der Waals surface area contributed by atoms with E-state index in [0.29, 0.717) is 18.7 Å². The maximum absolute atomic E-state index is 12.2. The van der Waals surface area contributed by atoms with Crippen LogP contribution >= 0.6 is 0 Å². The zero-order chi connectivity index (χ0) is 18.5. The summed E-state index contributed by atoms with van der Waals surface area (Å²) in [7, 11) is 0. The second-order valence-electron chi connectivity index (χ2n) is 6.28. The molecule has 0 atom stereocenters. The van der Waals surface area contributed by atoms with E-state index in [2.05, 4.69) is 5.32 Å². The van der Waals surface area contributed by atoms with Crippen molar-refractivity contribution in [3.05, 3.63) is 59.7 Å². The van der Waals surface area contributed by atoms with Crippen LogP contribution in [0.15, 0.2) is 48.5 Å². The summed E-state index contributed by atoms with van der Waals surface area (Å²) in [6.45, 7) is 0.701. The molecule has 0 unspecified atom stereocenters. The van der Waals surface area contributed by atoms with Crippen LogP contribution in [0.1, 0.15) is 35.2 Å². The Hall–Kier alpha value is -3.15. The molecule has 3 rings (SSSR count). The van der Waals surface area contributed by atoms with Gasteiger partial charge in [0.05, 0.1) is 12.0 Å². The number of benzene rings is 2. The average Bonchev–Trinajstić information content (AvgIpc) is 2.62. The molecule has 2 aromatic rings. The van der Waals surface area contributed by atoms with E-state index >= 15 is 0 Å². The molecule has 2 amide bonds. The van der Waals surface area contributed by atoms with E-state index in [1.807, 2.05) is 12.1 Å². The zero-order valence-electron chi connectivity index (χ0n) is 14.3. The molecule has 2 aromatic carbocycles. The fourth-order valence-electron chi connectivity index (χ4n) is 2.99. The molecular formula is C20H20N2O4. The number of carbonyl (C=O) groups excluding carboxylic acids is 2. The number of amides is 2. The first-order valence-electron chi connectivity index (χ1n) is 8.55. The Balaban J connectivity index is 1.64. The van der Waals surface area contributed by atoms with E-state index in [4.69, 9.17) is 5.11 Å². The summed E-state index contributed by atoms with van der Waals surface area (Å²) >= 11 is 0. The van der Waals surface area contributed by atoms with Crippen molar-refractivity contribution in [2.45, 2.75) is 25.7 Å². The van der Waals surface area contributed by atoms with E-state index < -0.39 is 5.97 Å². The summed E-state index contributed by atoms with van der Waals surface area (Å²) in [5, 5.41) is 11.7. The lowest BCUT2D eigenvalue weighted by molar-refractivity contribution is -0.119. The molecule has 26 heavy (non-hydrogen) atoms. The number of aromatic carboxylic acids is 1. The predicted octanol–water partition coefficient (Wildman–Crippen LogP) is 3.08. The van der Waals surface area contributed by atoms with Crippen LogP contribution < -0.4 is 10.2 Å². The lowest BCUT2D eigenvalue weighted by atomic mass is 10.1. The standard InChI is InChI=1S/C20H20N2O4/c23-18(12-14-7-9-15(10-8-14)20(25)26)21-16-4-3-5-17(13-16)22-11-2-1-6-19(22)24/h3-5,7-10,13H,1-2,6,11-12H2,(H,21,23)(H,25,26). The van der Waals surface area contributed by atoms with Crippen molar-refractivity contribution in [2.24, 2.45) is 0 Å². The van der Waals surface area contributed by atoms with Crippen molar-refractivity contribution < 1.29 is 19.5 Å². The molecule has 1 aliphatic heterocycles. The highest BCUT2D eigenvalue weighted by molar-refractivity contribution is 5.96. The van der Waals surface area contributed by atoms with Crippen LogP contribution in [-0.2, 0) is 16.0 Å². The number of anilines is 2. The summed E-state index contributed by atoms with van der Waals surface area (Å²) < 4.78 is 0. The molecule has 6 nitrogen and oxygen atoms in total. The van der Waals surface area contributed by atoms with Gasteiger partial charge in [-0.25, -0.2) is 4.79 Å². The van der Waals surface area contributed by atoms with E-state index in [1.165, 1.54) is 12.1 Å². The van der Waals surface area contributed by atoms with Gasteiger partial charge in [0.1, 0.15) is 0 Å². The van der Waals surface area contributed by atoms with E-state index in [0.717, 1.165) is 24.1 Å². The maximum atomic E-state index is 12.2. The van der Waals surface area contributed by atoms with Crippen molar-refractivity contribution in [2.75, 3.05) is 16.8 Å². The molecule has 6 heteroatoms. The highest BCUT2D eigenvalue weighted by Gasteiger charge is 2.19. The Kier molecular flexibility index (Phi) is 5.31. The van der Waals surface area contributed by atoms with Gasteiger partial charge in [0.15, 0.2) is 0 Å². The molecule has 0 aromatic heterocycles. The predicted molar refractivity (Wildman–Crippen MR) is 98.4 cm³/mol. The van der Waals surface area contributed by atoms with Crippen LogP contribution in [0.25, 0.3) is 0 Å². The van der Waals surface area contributed by atoms with Crippen LogP contribution in [0.4, 0.5) is 11.4 Å². The van der Waals surface area contributed by atoms with Crippen molar-refractivity contribution in [1.29, 1.82) is 0 Å². The Morgan fingerprint density at radius 3 is 2.54 bits per heavy atom. The van der Waals surface area contributed by atoms with Gasteiger partial charge in [0.2, 0.25) is 11.8 Å². The van der Waals surface area contributed by atoms with Gasteiger partial charge < -0.3 is 15.3 Å². The van der Waals surface area contributed by atoms with Gasteiger partial charge in [0.25, 0.3) is 0 Å². The van der Waals surface area contributed by atoms with Crippen LogP contribution in [-0.4, -0.2) is 29.4 Å². The fourth-order valence-corrected chi connectivity index (χ4v) is 2.99. The fraction of sp³-hybridized carbons (Fsp3) is 0.250. The van der Waals surface area contributed by atoms with Crippen molar-refractivity contribution in [3.8, 4) is 0 Å². The second kappa shape index (κ2) is 7.82. The smallest absolute Gasteiger partial charge is 0.335 e. The molecule has 134 valence electrons. The number of piperidine rings is 1. The van der Waals surface area contributed by atoms with Gasteiger partial charge in [-0.05, 0) is 48.7 Å². The molecule has 1 aliphatic rings. The SMILES string of the molecule is O=C(Cc1ccc(C(=O)O)cc1)Nc1cccc(N2CCCCC2=O)c1. The largest absolute Gasteiger partial charge is 0.478 e. The number of hydrogen-bond acceptors (Lipinski definition) is 3. The molecule has 0 bridgehead atoms. The molecule has 0 saturated carbocycles. The van der Waals surface area contributed by atoms with E-state index in [9.17, 15) is 14.4 Å². The number of rotatable bonds is 5. The monoisotopic (exact) mass is 352 g/mol. The summed E-state index contributed by atoms with van der Waals surface area (Å²) in [6, 6.07) is 13.5. The van der Waals surface area contributed by atoms with Crippen molar-refractivity contribution >= 4 is 29.2 Å². The first-order chi connectivity index (χ1) is 12.5. The third-order valence-corrected chi connectivity index (χ3v) is 4.33. The van der Waals surface area contributed by atoms with Crippen LogP contribution in [0, 0.1) is 0 Å². The first-order valence-corrected chi connectivity index (χ1v) is 8.55. The number of carbonyl (C=O) groups is 3. The molecule has 1 fully saturated rings. The Morgan fingerprint density at radius 2 is 1.85 bits per heavy atom. The number of hydrogen-bond donors (Lipinski definition) is 2. The first kappa shape index (κ1) is 17.7. The minimum Gasteiger partial charge on any atom is -0.478 e. The third-order valence-electron chi connectivity index (χ3n) is 4.33. The Labute approximate surface area is 151 Å². The maximum Gasteiger partial charge on any atom is 0.335 e. The van der Waals surface area contributed by atoms with Gasteiger partial charge in [-0.15, -0.1) is 0 Å². The number of carboxylic acid groups (broad SMARTS) is 1. The lowest BCUT2D eigenvalue weighted by Gasteiger charge is -2.27. The van der Waals surface area contributed by atoms with Gasteiger partial charge in [-0.2, -0.15) is 0 Å². The van der Waals surface area contributed by atoms with Crippen LogP contribution in [0.3, 0.4) is 0 Å². The number of nitrogens with zero attached hydrogens (tertiary/aromatic N) is 1. The quantitative estimate of drug-likeness (QED) is 0.866. The molecule has 0 aliphatic carbocycles. The van der Waals surface area contributed by atoms with Gasteiger partial charge >= 0.3 is 5.97 Å². The van der Waals surface area contributed by atoms with Gasteiger partial charge in [-0.3, -0.25) is 9.59 Å². The van der Waals surface area contributed by atoms with Crippen LogP contribution in [0.5, 0.6) is 0 Å². The minimum absolute atomic E-state index is 0.109. The number of nitrogens with one attached hydrogen (secondary N) is 1. The summed E-state index contributed by atoms with van der Waals surface area (Å²) in [4.78, 5) is 36.9. The molecule has 1 heterocycles. The summed E-state index contributed by atoms with van der Waals surface area (Å²) in [5.41, 5.74) is 2.34. The Bertz CT molecular complexity index is 830. The average molecular weight is 352 g/mol.